The Morgan fingerprint density at radius 1 is 1.08 bits per heavy atom. The Kier molecular flexibility index (Phi) is 4.38. The van der Waals surface area contributed by atoms with Gasteiger partial charge in [-0.05, 0) is 18.2 Å². The fourth-order valence-corrected chi connectivity index (χ4v) is 2.27. The van der Waals surface area contributed by atoms with Crippen LogP contribution in [0.2, 0.25) is 0 Å². The topological polar surface area (TPSA) is 126 Å². The molecular formula is C16H13N5O4. The Bertz CT molecular complexity index is 1010. The average molecular weight is 339 g/mol. The highest BCUT2D eigenvalue weighted by Gasteiger charge is 2.15. The normalized spacial score (nSPS) is 10.9. The molecule has 0 radical (unpaired) electrons. The van der Waals surface area contributed by atoms with Crippen molar-refractivity contribution >= 4 is 17.1 Å². The van der Waals surface area contributed by atoms with Gasteiger partial charge in [-0.2, -0.15) is 5.11 Å². The van der Waals surface area contributed by atoms with Gasteiger partial charge in [-0.1, -0.05) is 18.2 Å². The van der Waals surface area contributed by atoms with Crippen LogP contribution in [0, 0.1) is 10.1 Å². The van der Waals surface area contributed by atoms with Crippen LogP contribution in [0.5, 0.6) is 5.75 Å². The summed E-state index contributed by atoms with van der Waals surface area (Å²) in [4.78, 5) is 22.3. The van der Waals surface area contributed by atoms with Gasteiger partial charge in [0.2, 0.25) is 0 Å². The zero-order valence-corrected chi connectivity index (χ0v) is 13.1. The smallest absolute Gasteiger partial charge is 0.292 e. The number of hydrogen-bond acceptors (Lipinski definition) is 6. The minimum atomic E-state index is -0.525. The predicted octanol–water partition coefficient (Wildman–Crippen LogP) is 3.70. The number of nitrogens with one attached hydrogen (secondary N) is 2. The third kappa shape index (κ3) is 3.29. The summed E-state index contributed by atoms with van der Waals surface area (Å²) in [7, 11) is 1.52. The minimum absolute atomic E-state index is 0.0519. The van der Waals surface area contributed by atoms with Gasteiger partial charge < -0.3 is 4.74 Å². The highest BCUT2D eigenvalue weighted by molar-refractivity contribution is 5.76. The van der Waals surface area contributed by atoms with Crippen molar-refractivity contribution in [2.75, 3.05) is 7.11 Å². The lowest BCUT2D eigenvalue weighted by atomic mass is 10.1. The van der Waals surface area contributed by atoms with Crippen molar-refractivity contribution in [1.82, 2.24) is 10.2 Å². The van der Waals surface area contributed by atoms with Gasteiger partial charge in [0.05, 0.1) is 23.4 Å². The summed E-state index contributed by atoms with van der Waals surface area (Å²) in [5.74, 6) is 0.560. The number of rotatable bonds is 5. The van der Waals surface area contributed by atoms with Gasteiger partial charge in [0.25, 0.3) is 11.2 Å². The molecule has 0 saturated carbocycles. The van der Waals surface area contributed by atoms with Crippen LogP contribution in [0.3, 0.4) is 0 Å². The number of ether oxygens (including phenoxy) is 1. The lowest BCUT2D eigenvalue weighted by molar-refractivity contribution is -0.384. The first-order chi connectivity index (χ1) is 12.1. The van der Waals surface area contributed by atoms with Gasteiger partial charge in [0.1, 0.15) is 5.75 Å². The van der Waals surface area contributed by atoms with E-state index >= 15 is 0 Å². The molecule has 0 aliphatic carbocycles. The van der Waals surface area contributed by atoms with E-state index in [-0.39, 0.29) is 17.1 Å². The summed E-state index contributed by atoms with van der Waals surface area (Å²) in [5.41, 5.74) is 0.796. The van der Waals surface area contributed by atoms with E-state index in [1.807, 2.05) is 0 Å². The minimum Gasteiger partial charge on any atom is -0.496 e. The first-order valence-electron chi connectivity index (χ1n) is 7.20. The van der Waals surface area contributed by atoms with Crippen LogP contribution >= 0.6 is 0 Å². The second-order valence-electron chi connectivity index (χ2n) is 4.98. The van der Waals surface area contributed by atoms with Gasteiger partial charge in [-0.15, -0.1) is 5.11 Å². The number of H-pyrrole nitrogens is 2. The molecule has 9 nitrogen and oxygen atoms in total. The zero-order valence-electron chi connectivity index (χ0n) is 13.1. The van der Waals surface area contributed by atoms with Crippen LogP contribution in [-0.4, -0.2) is 22.2 Å². The molecular weight excluding hydrogens is 326 g/mol. The molecule has 0 atom stereocenters. The van der Waals surface area contributed by atoms with Crippen molar-refractivity contribution < 1.29 is 9.66 Å². The molecule has 3 rings (SSSR count). The quantitative estimate of drug-likeness (QED) is 0.417. The number of aromatic amines is 2. The van der Waals surface area contributed by atoms with E-state index in [1.54, 1.807) is 30.3 Å². The number of azo groups is 1. The molecule has 2 aromatic carbocycles. The maximum absolute atomic E-state index is 12.0. The summed E-state index contributed by atoms with van der Waals surface area (Å²) >= 11 is 0. The number of para-hydroxylation sites is 1. The first-order valence-corrected chi connectivity index (χ1v) is 7.20. The lowest BCUT2D eigenvalue weighted by Crippen LogP contribution is -1.96. The number of nitro groups is 1. The van der Waals surface area contributed by atoms with E-state index in [4.69, 9.17) is 4.74 Å². The number of hydrogen-bond donors (Lipinski definition) is 2. The monoisotopic (exact) mass is 339 g/mol. The SMILES string of the molecule is COc1ccccc1-c1[nH][nH]c(=O)c1N=Nc1cccc([N+](=O)[O-])c1. The molecule has 2 N–H and O–H groups in total. The van der Waals surface area contributed by atoms with E-state index in [0.717, 1.165) is 0 Å². The fourth-order valence-electron chi connectivity index (χ4n) is 2.27. The van der Waals surface area contributed by atoms with Crippen LogP contribution in [0.25, 0.3) is 11.3 Å². The van der Waals surface area contributed by atoms with Crippen LogP contribution in [0.1, 0.15) is 0 Å². The molecule has 0 fully saturated rings. The number of methoxy groups -OCH3 is 1. The zero-order chi connectivity index (χ0) is 17.8. The Morgan fingerprint density at radius 3 is 2.64 bits per heavy atom. The molecule has 126 valence electrons. The molecule has 25 heavy (non-hydrogen) atoms. The van der Waals surface area contributed by atoms with Gasteiger partial charge in [-0.25, -0.2) is 0 Å². The van der Waals surface area contributed by atoms with Crippen molar-refractivity contribution in [3.05, 3.63) is 69.0 Å². The summed E-state index contributed by atoms with van der Waals surface area (Å²) in [6.07, 6.45) is 0. The highest BCUT2D eigenvalue weighted by atomic mass is 16.6. The summed E-state index contributed by atoms with van der Waals surface area (Å²) in [6, 6.07) is 12.8. The second-order valence-corrected chi connectivity index (χ2v) is 4.98. The van der Waals surface area contributed by atoms with Crippen molar-refractivity contribution in [2.45, 2.75) is 0 Å². The average Bonchev–Trinajstić information content (AvgIpc) is 3.00. The summed E-state index contributed by atoms with van der Waals surface area (Å²) in [5, 5.41) is 23.9. The van der Waals surface area contributed by atoms with Crippen molar-refractivity contribution in [3.63, 3.8) is 0 Å². The van der Waals surface area contributed by atoms with Gasteiger partial charge in [-0.3, -0.25) is 25.1 Å². The molecule has 1 heterocycles. The standard InChI is InChI=1S/C16H13N5O4/c1-25-13-8-3-2-7-12(13)14-15(16(22)20-18-14)19-17-10-5-4-6-11(9-10)21(23)24/h2-9H,1H3,(H2,18,20,22). The van der Waals surface area contributed by atoms with Gasteiger partial charge >= 0.3 is 0 Å². The number of aromatic nitrogens is 2. The number of non-ortho nitro benzene ring substituents is 1. The number of benzene rings is 2. The molecule has 9 heteroatoms. The summed E-state index contributed by atoms with van der Waals surface area (Å²) < 4.78 is 5.29. The van der Waals surface area contributed by atoms with Crippen molar-refractivity contribution in [3.8, 4) is 17.0 Å². The van der Waals surface area contributed by atoms with E-state index in [1.165, 1.54) is 25.3 Å². The second kappa shape index (κ2) is 6.79. The molecule has 1 aromatic heterocycles. The van der Waals surface area contributed by atoms with E-state index in [0.29, 0.717) is 17.0 Å². The maximum Gasteiger partial charge on any atom is 0.292 e. The highest BCUT2D eigenvalue weighted by Crippen LogP contribution is 2.33. The Hall–Kier alpha value is -3.75. The Balaban J connectivity index is 2.02. The molecule has 0 aliphatic rings. The van der Waals surface area contributed by atoms with E-state index < -0.39 is 10.5 Å². The lowest BCUT2D eigenvalue weighted by Gasteiger charge is -2.06. The van der Waals surface area contributed by atoms with Crippen LogP contribution in [-0.2, 0) is 0 Å². The molecule has 0 aliphatic heterocycles. The third-order valence-electron chi connectivity index (χ3n) is 3.44. The van der Waals surface area contributed by atoms with Crippen molar-refractivity contribution in [2.24, 2.45) is 10.2 Å². The van der Waals surface area contributed by atoms with Crippen LogP contribution in [0.15, 0.2) is 63.6 Å². The fraction of sp³-hybridized carbons (Fsp3) is 0.0625. The van der Waals surface area contributed by atoms with E-state index in [2.05, 4.69) is 20.4 Å². The predicted molar refractivity (Wildman–Crippen MR) is 90.7 cm³/mol. The molecule has 0 saturated heterocycles. The molecule has 0 unspecified atom stereocenters. The number of nitro benzene ring substituents is 1. The summed E-state index contributed by atoms with van der Waals surface area (Å²) in [6.45, 7) is 0. The first kappa shape index (κ1) is 16.1. The Morgan fingerprint density at radius 2 is 1.88 bits per heavy atom. The van der Waals surface area contributed by atoms with Crippen LogP contribution in [0.4, 0.5) is 17.1 Å². The number of nitrogens with zero attached hydrogens (tertiary/aromatic N) is 3. The van der Waals surface area contributed by atoms with Crippen molar-refractivity contribution in [1.29, 1.82) is 0 Å². The molecule has 3 aromatic rings. The Labute approximate surface area is 141 Å². The molecule has 0 amide bonds. The van der Waals surface area contributed by atoms with Gasteiger partial charge in [0.15, 0.2) is 5.69 Å². The van der Waals surface area contributed by atoms with Crippen LogP contribution < -0.4 is 10.3 Å². The maximum atomic E-state index is 12.0. The third-order valence-corrected chi connectivity index (χ3v) is 3.44. The molecule has 0 bridgehead atoms. The largest absolute Gasteiger partial charge is 0.496 e. The van der Waals surface area contributed by atoms with E-state index in [9.17, 15) is 14.9 Å². The van der Waals surface area contributed by atoms with Gasteiger partial charge in [0, 0.05) is 17.7 Å². The molecule has 0 spiro atoms.